The first-order valence-corrected chi connectivity index (χ1v) is 19.3. The monoisotopic (exact) mass is 726 g/mol. The summed E-state index contributed by atoms with van der Waals surface area (Å²) < 4.78 is 6.73. The van der Waals surface area contributed by atoms with Crippen molar-refractivity contribution in [2.75, 3.05) is 0 Å². The maximum absolute atomic E-state index is 6.73. The third-order valence-electron chi connectivity index (χ3n) is 11.1. The molecule has 0 saturated carbocycles. The normalized spacial score (nSPS) is 11.5. The summed E-state index contributed by atoms with van der Waals surface area (Å²) in [6.45, 7) is 0. The Balaban J connectivity index is 1.05. The van der Waals surface area contributed by atoms with Gasteiger partial charge in [0.1, 0.15) is 11.2 Å². The first-order valence-electron chi connectivity index (χ1n) is 19.3. The van der Waals surface area contributed by atoms with Gasteiger partial charge in [-0.15, -0.1) is 0 Å². The summed E-state index contributed by atoms with van der Waals surface area (Å²) in [7, 11) is 0. The maximum Gasteiger partial charge on any atom is 0.160 e. The van der Waals surface area contributed by atoms with Crippen LogP contribution in [0.4, 0.5) is 0 Å². The molecular weight excluding hydrogens is 693 g/mol. The average molecular weight is 727 g/mol. The summed E-state index contributed by atoms with van der Waals surface area (Å²) in [4.78, 5) is 10.2. The molecule has 11 aromatic rings. The lowest BCUT2D eigenvalue weighted by atomic mass is 9.91. The van der Waals surface area contributed by atoms with E-state index < -0.39 is 0 Å². The molecule has 0 radical (unpaired) electrons. The molecule has 0 amide bonds. The van der Waals surface area contributed by atoms with E-state index >= 15 is 0 Å². The molecule has 0 saturated heterocycles. The van der Waals surface area contributed by atoms with E-state index in [9.17, 15) is 0 Å². The molecule has 0 aliphatic heterocycles. The minimum absolute atomic E-state index is 0.696. The highest BCUT2D eigenvalue weighted by molar-refractivity contribution is 6.23. The van der Waals surface area contributed by atoms with E-state index in [1.165, 1.54) is 32.8 Å². The van der Waals surface area contributed by atoms with Gasteiger partial charge in [0.2, 0.25) is 0 Å². The Hall–Kier alpha value is -7.62. The van der Waals surface area contributed by atoms with E-state index in [1.54, 1.807) is 0 Å². The zero-order valence-electron chi connectivity index (χ0n) is 30.9. The first-order chi connectivity index (χ1) is 28.2. The second kappa shape index (κ2) is 13.6. The summed E-state index contributed by atoms with van der Waals surface area (Å²) in [5.41, 5.74) is 13.5. The third-order valence-corrected chi connectivity index (χ3v) is 11.1. The number of fused-ring (bicyclic) bond motifs is 6. The van der Waals surface area contributed by atoms with Gasteiger partial charge in [-0.05, 0) is 73.8 Å². The quantitative estimate of drug-likeness (QED) is 0.171. The third kappa shape index (κ3) is 5.76. The molecule has 2 heterocycles. The maximum atomic E-state index is 6.73. The average Bonchev–Trinajstić information content (AvgIpc) is 3.68. The first kappa shape index (κ1) is 32.8. The fraction of sp³-hybridized carbons (Fsp3) is 0. The summed E-state index contributed by atoms with van der Waals surface area (Å²) in [6.07, 6.45) is 0. The van der Waals surface area contributed by atoms with E-state index in [1.807, 2.05) is 24.3 Å². The summed E-state index contributed by atoms with van der Waals surface area (Å²) in [5, 5.41) is 6.97. The van der Waals surface area contributed by atoms with Crippen molar-refractivity contribution >= 4 is 43.5 Å². The van der Waals surface area contributed by atoms with Crippen molar-refractivity contribution in [3.05, 3.63) is 206 Å². The Kier molecular flexibility index (Phi) is 7.82. The number of rotatable bonds is 6. The molecule has 3 heteroatoms. The molecule has 0 unspecified atom stereocenters. The van der Waals surface area contributed by atoms with E-state index in [-0.39, 0.29) is 0 Å². The molecule has 0 bridgehead atoms. The largest absolute Gasteiger partial charge is 0.455 e. The number of aromatic nitrogens is 2. The van der Waals surface area contributed by atoms with Crippen molar-refractivity contribution < 1.29 is 4.42 Å². The fourth-order valence-corrected chi connectivity index (χ4v) is 8.34. The standard InChI is InChI=1S/C54H34N2O/c1-3-14-35(15-4-1)40-20-11-21-41(32-40)50-34-49(55-54(56-50)39-17-5-2-6-18-39)38-30-28-37(29-31-38)43-25-13-27-51-52(43)48-33-47(45-23-9-10-24-46(45)53(48)57-51)44-26-12-19-36-16-7-8-22-42(36)44/h1-34H. The van der Waals surface area contributed by atoms with Crippen LogP contribution in [0.25, 0.3) is 111 Å². The van der Waals surface area contributed by atoms with Gasteiger partial charge < -0.3 is 4.42 Å². The van der Waals surface area contributed by atoms with Crippen LogP contribution in [0.5, 0.6) is 0 Å². The number of nitrogens with zero attached hydrogens (tertiary/aromatic N) is 2. The van der Waals surface area contributed by atoms with Gasteiger partial charge in [-0.2, -0.15) is 0 Å². The predicted molar refractivity (Wildman–Crippen MR) is 237 cm³/mol. The summed E-state index contributed by atoms with van der Waals surface area (Å²) in [6, 6.07) is 72.7. The molecule has 11 rings (SSSR count). The predicted octanol–water partition coefficient (Wildman–Crippen LogP) is 14.7. The summed E-state index contributed by atoms with van der Waals surface area (Å²) in [5.74, 6) is 0.696. The van der Waals surface area contributed by atoms with Crippen LogP contribution < -0.4 is 0 Å². The van der Waals surface area contributed by atoms with Gasteiger partial charge in [0.25, 0.3) is 0 Å². The van der Waals surface area contributed by atoms with Crippen molar-refractivity contribution in [1.82, 2.24) is 9.97 Å². The molecule has 0 atom stereocenters. The van der Waals surface area contributed by atoms with Gasteiger partial charge in [-0.1, -0.05) is 182 Å². The van der Waals surface area contributed by atoms with Crippen LogP contribution in [0.2, 0.25) is 0 Å². The Morgan fingerprint density at radius 1 is 0.316 bits per heavy atom. The smallest absolute Gasteiger partial charge is 0.160 e. The molecule has 57 heavy (non-hydrogen) atoms. The van der Waals surface area contributed by atoms with Gasteiger partial charge in [0.05, 0.1) is 11.4 Å². The van der Waals surface area contributed by atoms with Gasteiger partial charge >= 0.3 is 0 Å². The molecule has 3 nitrogen and oxygen atoms in total. The van der Waals surface area contributed by atoms with E-state index in [4.69, 9.17) is 14.4 Å². The van der Waals surface area contributed by atoms with Crippen LogP contribution in [0, 0.1) is 0 Å². The van der Waals surface area contributed by atoms with Crippen molar-refractivity contribution in [3.63, 3.8) is 0 Å². The minimum Gasteiger partial charge on any atom is -0.455 e. The number of benzene rings is 9. The van der Waals surface area contributed by atoms with Crippen molar-refractivity contribution in [2.24, 2.45) is 0 Å². The lowest BCUT2D eigenvalue weighted by Crippen LogP contribution is -1.96. The molecule has 266 valence electrons. The Morgan fingerprint density at radius 2 is 0.895 bits per heavy atom. The van der Waals surface area contributed by atoms with Crippen LogP contribution in [-0.2, 0) is 0 Å². The summed E-state index contributed by atoms with van der Waals surface area (Å²) >= 11 is 0. The SMILES string of the molecule is c1ccc(-c2cccc(-c3cc(-c4ccc(-c5cccc6oc7c8ccccc8c(-c8cccc9ccccc89)cc7c56)cc4)nc(-c4ccccc4)n3)c2)cc1. The van der Waals surface area contributed by atoms with Crippen molar-refractivity contribution in [3.8, 4) is 67.3 Å². The minimum atomic E-state index is 0.696. The van der Waals surface area contributed by atoms with Crippen LogP contribution in [0.15, 0.2) is 211 Å². The zero-order chi connectivity index (χ0) is 37.7. The van der Waals surface area contributed by atoms with Gasteiger partial charge in [0.15, 0.2) is 5.82 Å². The Bertz CT molecular complexity index is 3270. The molecule has 0 fully saturated rings. The van der Waals surface area contributed by atoms with Crippen LogP contribution in [-0.4, -0.2) is 9.97 Å². The van der Waals surface area contributed by atoms with E-state index in [0.717, 1.165) is 72.1 Å². The molecule has 2 aromatic heterocycles. The number of hydrogen-bond donors (Lipinski definition) is 0. The fourth-order valence-electron chi connectivity index (χ4n) is 8.34. The zero-order valence-corrected chi connectivity index (χ0v) is 30.9. The molecular formula is C54H34N2O. The molecule has 0 aliphatic rings. The van der Waals surface area contributed by atoms with E-state index in [2.05, 4.69) is 182 Å². The highest BCUT2D eigenvalue weighted by atomic mass is 16.3. The topological polar surface area (TPSA) is 38.9 Å². The van der Waals surface area contributed by atoms with Crippen LogP contribution in [0.1, 0.15) is 0 Å². The van der Waals surface area contributed by atoms with Crippen molar-refractivity contribution in [2.45, 2.75) is 0 Å². The lowest BCUT2D eigenvalue weighted by Gasteiger charge is -2.12. The van der Waals surface area contributed by atoms with E-state index in [0.29, 0.717) is 5.82 Å². The van der Waals surface area contributed by atoms with Crippen molar-refractivity contribution in [1.29, 1.82) is 0 Å². The lowest BCUT2D eigenvalue weighted by molar-refractivity contribution is 0.673. The highest BCUT2D eigenvalue weighted by Gasteiger charge is 2.19. The molecule has 9 aromatic carbocycles. The second-order valence-corrected chi connectivity index (χ2v) is 14.5. The van der Waals surface area contributed by atoms with Gasteiger partial charge in [-0.25, -0.2) is 9.97 Å². The second-order valence-electron chi connectivity index (χ2n) is 14.5. The Morgan fingerprint density at radius 3 is 1.70 bits per heavy atom. The molecule has 0 aliphatic carbocycles. The number of hydrogen-bond acceptors (Lipinski definition) is 3. The molecule has 0 spiro atoms. The Labute approximate surface area is 330 Å². The highest BCUT2D eigenvalue weighted by Crippen LogP contribution is 2.44. The van der Waals surface area contributed by atoms with Gasteiger partial charge in [-0.3, -0.25) is 0 Å². The van der Waals surface area contributed by atoms with Crippen LogP contribution in [0.3, 0.4) is 0 Å². The van der Waals surface area contributed by atoms with Crippen LogP contribution >= 0.6 is 0 Å². The van der Waals surface area contributed by atoms with Gasteiger partial charge in [0, 0.05) is 32.8 Å². The number of furan rings is 1. The molecule has 0 N–H and O–H groups in total.